The fourth-order valence-corrected chi connectivity index (χ4v) is 2.77. The Labute approximate surface area is 130 Å². The number of carbonyl (C=O) groups is 1. The summed E-state index contributed by atoms with van der Waals surface area (Å²) in [5, 5.41) is 15.3. The van der Waals surface area contributed by atoms with E-state index in [-0.39, 0.29) is 6.01 Å². The second-order valence-corrected chi connectivity index (χ2v) is 6.01. The number of thiazole rings is 1. The quantitative estimate of drug-likeness (QED) is 0.794. The third kappa shape index (κ3) is 2.62. The van der Waals surface area contributed by atoms with Crippen LogP contribution in [0.2, 0.25) is 0 Å². The first-order valence-electron chi connectivity index (χ1n) is 6.54. The normalized spacial score (nSPS) is 10.9. The number of aromatic nitrogens is 5. The van der Waals surface area contributed by atoms with Crippen molar-refractivity contribution >= 4 is 23.3 Å². The molecule has 0 fully saturated rings. The van der Waals surface area contributed by atoms with Crippen LogP contribution in [0, 0.1) is 20.8 Å². The van der Waals surface area contributed by atoms with Crippen LogP contribution in [-0.4, -0.2) is 30.9 Å². The van der Waals surface area contributed by atoms with Gasteiger partial charge >= 0.3 is 6.01 Å². The zero-order chi connectivity index (χ0) is 15.9. The lowest BCUT2D eigenvalue weighted by Gasteiger charge is -1.95. The van der Waals surface area contributed by atoms with Crippen molar-refractivity contribution < 1.29 is 9.21 Å². The standard InChI is InChI=1S/C13H14N6O2S/c1-6-5-9(18-19(6)4)11(20)15-13-17-16-12(21-13)10-7(2)14-8(3)22-10/h5H,1-4H3,(H,15,17,20). The van der Waals surface area contributed by atoms with Gasteiger partial charge in [0.05, 0.1) is 10.7 Å². The summed E-state index contributed by atoms with van der Waals surface area (Å²) in [5.41, 5.74) is 2.00. The molecule has 0 atom stereocenters. The van der Waals surface area contributed by atoms with Gasteiger partial charge < -0.3 is 4.42 Å². The predicted molar refractivity (Wildman–Crippen MR) is 80.8 cm³/mol. The maximum atomic E-state index is 12.1. The Morgan fingerprint density at radius 2 is 2.09 bits per heavy atom. The van der Waals surface area contributed by atoms with Crippen LogP contribution in [0.5, 0.6) is 0 Å². The number of hydrogen-bond acceptors (Lipinski definition) is 7. The van der Waals surface area contributed by atoms with Gasteiger partial charge in [-0.1, -0.05) is 5.10 Å². The molecule has 1 amide bonds. The van der Waals surface area contributed by atoms with Gasteiger partial charge in [0.25, 0.3) is 11.8 Å². The second-order valence-electron chi connectivity index (χ2n) is 4.81. The van der Waals surface area contributed by atoms with Crippen molar-refractivity contribution in [2.45, 2.75) is 20.8 Å². The van der Waals surface area contributed by atoms with Gasteiger partial charge in [0.2, 0.25) is 0 Å². The molecule has 0 spiro atoms. The number of carbonyl (C=O) groups excluding carboxylic acids is 1. The molecule has 0 aliphatic heterocycles. The lowest BCUT2D eigenvalue weighted by atomic mass is 10.3. The Balaban J connectivity index is 1.79. The summed E-state index contributed by atoms with van der Waals surface area (Å²) in [7, 11) is 1.77. The first-order chi connectivity index (χ1) is 10.4. The van der Waals surface area contributed by atoms with Gasteiger partial charge in [-0.05, 0) is 26.8 Å². The third-order valence-electron chi connectivity index (χ3n) is 3.09. The highest BCUT2D eigenvalue weighted by molar-refractivity contribution is 7.15. The van der Waals surface area contributed by atoms with Gasteiger partial charge in [0.1, 0.15) is 4.88 Å². The molecule has 3 aromatic heterocycles. The monoisotopic (exact) mass is 318 g/mol. The van der Waals surface area contributed by atoms with E-state index in [9.17, 15) is 4.79 Å². The lowest BCUT2D eigenvalue weighted by molar-refractivity contribution is 0.101. The number of nitrogens with zero attached hydrogens (tertiary/aromatic N) is 5. The van der Waals surface area contributed by atoms with Gasteiger partial charge in [0, 0.05) is 12.7 Å². The minimum Gasteiger partial charge on any atom is -0.402 e. The van der Waals surface area contributed by atoms with Crippen LogP contribution in [0.3, 0.4) is 0 Å². The van der Waals surface area contributed by atoms with Crippen molar-refractivity contribution in [3.8, 4) is 10.8 Å². The van der Waals surface area contributed by atoms with Crippen molar-refractivity contribution in [3.63, 3.8) is 0 Å². The van der Waals surface area contributed by atoms with E-state index in [1.807, 2.05) is 20.8 Å². The van der Waals surface area contributed by atoms with Crippen LogP contribution in [0.15, 0.2) is 10.5 Å². The topological polar surface area (TPSA) is 98.7 Å². The highest BCUT2D eigenvalue weighted by Crippen LogP contribution is 2.29. The lowest BCUT2D eigenvalue weighted by Crippen LogP contribution is -2.13. The summed E-state index contributed by atoms with van der Waals surface area (Å²) >= 11 is 1.47. The first kappa shape index (κ1) is 14.4. The van der Waals surface area contributed by atoms with E-state index in [1.165, 1.54) is 11.3 Å². The predicted octanol–water partition coefficient (Wildman–Crippen LogP) is 2.10. The third-order valence-corrected chi connectivity index (χ3v) is 4.15. The smallest absolute Gasteiger partial charge is 0.322 e. The van der Waals surface area contributed by atoms with Crippen molar-refractivity contribution in [1.82, 2.24) is 25.0 Å². The van der Waals surface area contributed by atoms with E-state index in [4.69, 9.17) is 4.42 Å². The minimum absolute atomic E-state index is 0.0359. The Kier molecular flexibility index (Phi) is 3.49. The molecule has 3 heterocycles. The maximum absolute atomic E-state index is 12.1. The van der Waals surface area contributed by atoms with E-state index < -0.39 is 5.91 Å². The molecule has 22 heavy (non-hydrogen) atoms. The average Bonchev–Trinajstić information content (AvgIpc) is 3.11. The molecular formula is C13H14N6O2S. The zero-order valence-corrected chi connectivity index (χ0v) is 13.4. The maximum Gasteiger partial charge on any atom is 0.322 e. The van der Waals surface area contributed by atoms with E-state index in [2.05, 4.69) is 25.6 Å². The van der Waals surface area contributed by atoms with E-state index in [1.54, 1.807) is 17.8 Å². The molecule has 8 nitrogen and oxygen atoms in total. The SMILES string of the molecule is Cc1nc(C)c(-c2nnc(NC(=O)c3cc(C)n(C)n3)o2)s1. The molecule has 0 bridgehead atoms. The van der Waals surface area contributed by atoms with Crippen molar-refractivity contribution in [2.75, 3.05) is 5.32 Å². The molecule has 3 aromatic rings. The summed E-state index contributed by atoms with van der Waals surface area (Å²) in [6, 6.07) is 1.72. The summed E-state index contributed by atoms with van der Waals surface area (Å²) < 4.78 is 7.10. The molecular weight excluding hydrogens is 304 g/mol. The largest absolute Gasteiger partial charge is 0.402 e. The molecule has 9 heteroatoms. The molecule has 0 radical (unpaired) electrons. The van der Waals surface area contributed by atoms with Crippen molar-refractivity contribution in [1.29, 1.82) is 0 Å². The van der Waals surface area contributed by atoms with Gasteiger partial charge in [-0.25, -0.2) is 4.98 Å². The Morgan fingerprint density at radius 3 is 2.68 bits per heavy atom. The fraction of sp³-hybridized carbons (Fsp3) is 0.308. The Hall–Kier alpha value is -2.55. The van der Waals surface area contributed by atoms with E-state index >= 15 is 0 Å². The number of amides is 1. The average molecular weight is 318 g/mol. The molecule has 1 N–H and O–H groups in total. The van der Waals surface area contributed by atoms with Gasteiger partial charge in [-0.3, -0.25) is 14.8 Å². The number of anilines is 1. The number of hydrogen-bond donors (Lipinski definition) is 1. The van der Waals surface area contributed by atoms with Crippen LogP contribution >= 0.6 is 11.3 Å². The van der Waals surface area contributed by atoms with E-state index in [0.717, 1.165) is 21.3 Å². The molecule has 0 aliphatic carbocycles. The summed E-state index contributed by atoms with van der Waals surface area (Å²) in [5.74, 6) is -0.0493. The summed E-state index contributed by atoms with van der Waals surface area (Å²) in [4.78, 5) is 17.2. The summed E-state index contributed by atoms with van der Waals surface area (Å²) in [6.07, 6.45) is 0. The van der Waals surface area contributed by atoms with Gasteiger partial charge in [0.15, 0.2) is 5.69 Å². The second kappa shape index (κ2) is 5.34. The molecule has 0 aliphatic rings. The minimum atomic E-state index is -0.392. The molecule has 0 aromatic carbocycles. The molecule has 0 saturated carbocycles. The van der Waals surface area contributed by atoms with Crippen molar-refractivity contribution in [3.05, 3.63) is 28.2 Å². The first-order valence-corrected chi connectivity index (χ1v) is 7.35. The van der Waals surface area contributed by atoms with Crippen LogP contribution in [0.25, 0.3) is 10.8 Å². The molecule has 114 valence electrons. The highest BCUT2D eigenvalue weighted by Gasteiger charge is 2.18. The zero-order valence-electron chi connectivity index (χ0n) is 12.5. The molecule has 0 unspecified atom stereocenters. The number of rotatable bonds is 3. The van der Waals surface area contributed by atoms with Crippen LogP contribution < -0.4 is 5.32 Å². The molecule has 3 rings (SSSR count). The van der Waals surface area contributed by atoms with E-state index in [0.29, 0.717) is 11.6 Å². The van der Waals surface area contributed by atoms with Crippen LogP contribution in [0.4, 0.5) is 6.01 Å². The number of aryl methyl sites for hydroxylation is 4. The fourth-order valence-electron chi connectivity index (χ4n) is 1.93. The van der Waals surface area contributed by atoms with Gasteiger partial charge in [-0.2, -0.15) is 5.10 Å². The Morgan fingerprint density at radius 1 is 1.32 bits per heavy atom. The van der Waals surface area contributed by atoms with Gasteiger partial charge in [-0.15, -0.1) is 16.4 Å². The number of nitrogens with one attached hydrogen (secondary N) is 1. The Bertz CT molecular complexity index is 827. The van der Waals surface area contributed by atoms with Crippen LogP contribution in [0.1, 0.15) is 26.9 Å². The highest BCUT2D eigenvalue weighted by atomic mass is 32.1. The molecule has 0 saturated heterocycles. The summed E-state index contributed by atoms with van der Waals surface area (Å²) in [6.45, 7) is 5.64. The van der Waals surface area contributed by atoms with Crippen molar-refractivity contribution in [2.24, 2.45) is 7.05 Å². The van der Waals surface area contributed by atoms with Crippen LogP contribution in [-0.2, 0) is 7.05 Å².